The number of amides is 1. The zero-order valence-corrected chi connectivity index (χ0v) is 18.1. The number of methoxy groups -OCH3 is 1. The summed E-state index contributed by atoms with van der Waals surface area (Å²) >= 11 is 1.20. The van der Waals surface area contributed by atoms with Crippen molar-refractivity contribution >= 4 is 38.5 Å². The largest absolute Gasteiger partial charge is 0.495 e. The summed E-state index contributed by atoms with van der Waals surface area (Å²) in [7, 11) is -2.49. The number of alkyl halides is 3. The Morgan fingerprint density at radius 3 is 2.62 bits per heavy atom. The number of anilines is 2. The summed E-state index contributed by atoms with van der Waals surface area (Å²) in [5.41, 5.74) is -0.987. The van der Waals surface area contributed by atoms with Crippen molar-refractivity contribution in [3.05, 3.63) is 58.5 Å². The minimum atomic E-state index is -4.63. The lowest BCUT2D eigenvalue weighted by Gasteiger charge is -2.31. The third kappa shape index (κ3) is 4.15. The summed E-state index contributed by atoms with van der Waals surface area (Å²) in [5.74, 6) is -0.856. The lowest BCUT2D eigenvalue weighted by Crippen LogP contribution is -2.35. The molecule has 4 rings (SSSR count). The number of nitrogens with zero attached hydrogens (tertiary/aromatic N) is 2. The molecule has 0 fully saturated rings. The highest BCUT2D eigenvalue weighted by molar-refractivity contribution is 7.90. The van der Waals surface area contributed by atoms with Gasteiger partial charge in [-0.2, -0.15) is 13.2 Å². The molecule has 0 N–H and O–H groups in total. The number of rotatable bonds is 5. The topological polar surface area (TPSA) is 85.8 Å². The fraction of sp³-hybridized carbons (Fsp3) is 0.200. The Balaban J connectivity index is 1.78. The van der Waals surface area contributed by atoms with Gasteiger partial charge in [-0.1, -0.05) is 0 Å². The van der Waals surface area contributed by atoms with Crippen LogP contribution in [-0.4, -0.2) is 33.0 Å². The number of carbonyl (C=O) groups is 1. The average Bonchev–Trinajstić information content (AvgIpc) is 3.24. The number of fused-ring (bicyclic) bond motifs is 1. The maximum absolute atomic E-state index is 13.3. The van der Waals surface area contributed by atoms with Gasteiger partial charge in [-0.15, -0.1) is 11.3 Å². The molecule has 32 heavy (non-hydrogen) atoms. The van der Waals surface area contributed by atoms with Crippen LogP contribution in [0.3, 0.4) is 0 Å². The van der Waals surface area contributed by atoms with Crippen LogP contribution in [0.15, 0.2) is 52.9 Å². The first kappa shape index (κ1) is 22.1. The van der Waals surface area contributed by atoms with Crippen LogP contribution in [0.4, 0.5) is 24.5 Å². The van der Waals surface area contributed by atoms with Crippen LogP contribution in [0, 0.1) is 0 Å². The fourth-order valence-corrected chi connectivity index (χ4v) is 5.47. The van der Waals surface area contributed by atoms with Crippen LogP contribution in [0.1, 0.15) is 10.6 Å². The van der Waals surface area contributed by atoms with Gasteiger partial charge in [0, 0.05) is 17.6 Å². The van der Waals surface area contributed by atoms with E-state index >= 15 is 0 Å². The number of benzene rings is 2. The molecule has 0 aliphatic carbocycles. The van der Waals surface area contributed by atoms with Gasteiger partial charge in [0.05, 0.1) is 28.9 Å². The maximum atomic E-state index is 13.3. The Kier molecular flexibility index (Phi) is 5.59. The Morgan fingerprint density at radius 2 is 1.97 bits per heavy atom. The van der Waals surface area contributed by atoms with Gasteiger partial charge in [-0.25, -0.2) is 13.4 Å². The SMILES string of the molecule is COc1ccc(C(F)(F)F)cc1N1C(=O)COc2cc(S(=O)(=O)Cc3nccs3)ccc21. The standard InChI is InChI=1S/C20H15F3N2O5S2/c1-29-16-5-2-12(20(21,22)23)8-15(16)25-14-4-3-13(9-17(14)30-10-19(25)26)32(27,28)11-18-24-6-7-31-18/h2-9H,10-11H2,1H3. The molecule has 3 aromatic rings. The molecule has 0 atom stereocenters. The molecule has 0 saturated carbocycles. The van der Waals surface area contributed by atoms with Crippen LogP contribution >= 0.6 is 11.3 Å². The van der Waals surface area contributed by atoms with E-state index in [-0.39, 0.29) is 33.5 Å². The highest BCUT2D eigenvalue weighted by Gasteiger charge is 2.35. The second-order valence-corrected chi connectivity index (χ2v) is 9.69. The summed E-state index contributed by atoms with van der Waals surface area (Å²) in [6, 6.07) is 6.62. The van der Waals surface area contributed by atoms with E-state index in [9.17, 15) is 26.4 Å². The van der Waals surface area contributed by atoms with E-state index in [2.05, 4.69) is 4.98 Å². The number of hydrogen-bond donors (Lipinski definition) is 0. The Hall–Kier alpha value is -3.12. The summed E-state index contributed by atoms with van der Waals surface area (Å²) in [4.78, 5) is 17.6. The van der Waals surface area contributed by atoms with Crippen molar-refractivity contribution in [3.63, 3.8) is 0 Å². The molecule has 168 valence electrons. The maximum Gasteiger partial charge on any atom is 0.416 e. The van der Waals surface area contributed by atoms with Crippen molar-refractivity contribution in [3.8, 4) is 11.5 Å². The summed E-state index contributed by atoms with van der Waals surface area (Å²) in [6.07, 6.45) is -3.13. The van der Waals surface area contributed by atoms with Crippen molar-refractivity contribution in [2.75, 3.05) is 18.6 Å². The number of hydrogen-bond acceptors (Lipinski definition) is 7. The van der Waals surface area contributed by atoms with Gasteiger partial charge in [0.15, 0.2) is 16.4 Å². The van der Waals surface area contributed by atoms with E-state index in [1.807, 2.05) is 0 Å². The number of thiazole rings is 1. The zero-order chi connectivity index (χ0) is 23.1. The van der Waals surface area contributed by atoms with E-state index in [0.29, 0.717) is 5.01 Å². The summed E-state index contributed by atoms with van der Waals surface area (Å²) in [6.45, 7) is -0.484. The molecule has 0 saturated heterocycles. The van der Waals surface area contributed by atoms with Gasteiger partial charge in [0.2, 0.25) is 0 Å². The molecule has 1 aliphatic rings. The van der Waals surface area contributed by atoms with E-state index in [0.717, 1.165) is 23.1 Å². The van der Waals surface area contributed by atoms with E-state index in [1.54, 1.807) is 5.38 Å². The van der Waals surface area contributed by atoms with E-state index in [1.165, 1.54) is 42.8 Å². The first-order valence-electron chi connectivity index (χ1n) is 9.06. The van der Waals surface area contributed by atoms with Crippen LogP contribution in [0.2, 0.25) is 0 Å². The van der Waals surface area contributed by atoms with Crippen molar-refractivity contribution in [1.29, 1.82) is 0 Å². The highest BCUT2D eigenvalue weighted by atomic mass is 32.2. The molecule has 0 bridgehead atoms. The van der Waals surface area contributed by atoms with Gasteiger partial charge in [0.25, 0.3) is 5.91 Å². The van der Waals surface area contributed by atoms with E-state index < -0.39 is 34.1 Å². The second kappa shape index (κ2) is 8.10. The molecule has 1 aromatic heterocycles. The number of sulfone groups is 1. The van der Waals surface area contributed by atoms with Gasteiger partial charge in [-0.3, -0.25) is 9.69 Å². The Labute approximate surface area is 184 Å². The normalized spacial score (nSPS) is 14.1. The molecule has 0 unspecified atom stereocenters. The monoisotopic (exact) mass is 484 g/mol. The first-order valence-corrected chi connectivity index (χ1v) is 11.6. The highest BCUT2D eigenvalue weighted by Crippen LogP contribution is 2.44. The second-order valence-electron chi connectivity index (χ2n) is 6.72. The number of halogens is 3. The average molecular weight is 484 g/mol. The van der Waals surface area contributed by atoms with Crippen LogP contribution in [-0.2, 0) is 26.6 Å². The van der Waals surface area contributed by atoms with Crippen LogP contribution in [0.25, 0.3) is 0 Å². The third-order valence-corrected chi connectivity index (χ3v) is 7.26. The van der Waals surface area contributed by atoms with Gasteiger partial charge in [-0.05, 0) is 30.3 Å². The fourth-order valence-electron chi connectivity index (χ4n) is 3.20. The number of aromatic nitrogens is 1. The Morgan fingerprint density at radius 1 is 1.19 bits per heavy atom. The van der Waals surface area contributed by atoms with Crippen molar-refractivity contribution < 1.29 is 35.9 Å². The quantitative estimate of drug-likeness (QED) is 0.540. The first-order chi connectivity index (χ1) is 15.1. The molecular formula is C20H15F3N2O5S2. The lowest BCUT2D eigenvalue weighted by molar-refractivity contribution is -0.137. The van der Waals surface area contributed by atoms with Crippen molar-refractivity contribution in [1.82, 2.24) is 4.98 Å². The predicted molar refractivity (Wildman–Crippen MR) is 110 cm³/mol. The molecule has 12 heteroatoms. The molecule has 2 aromatic carbocycles. The summed E-state index contributed by atoms with van der Waals surface area (Å²) in [5, 5.41) is 2.07. The molecule has 1 aliphatic heterocycles. The van der Waals surface area contributed by atoms with Gasteiger partial charge >= 0.3 is 6.18 Å². The molecular weight excluding hydrogens is 469 g/mol. The Bertz CT molecular complexity index is 1270. The van der Waals surface area contributed by atoms with Gasteiger partial charge in [0.1, 0.15) is 22.3 Å². The number of carbonyl (C=O) groups excluding carboxylic acids is 1. The molecule has 0 radical (unpaired) electrons. The minimum Gasteiger partial charge on any atom is -0.495 e. The molecule has 7 nitrogen and oxygen atoms in total. The molecule has 1 amide bonds. The third-order valence-electron chi connectivity index (χ3n) is 4.68. The smallest absolute Gasteiger partial charge is 0.416 e. The molecule has 2 heterocycles. The lowest BCUT2D eigenvalue weighted by atomic mass is 10.1. The molecule has 0 spiro atoms. The van der Waals surface area contributed by atoms with Crippen LogP contribution in [0.5, 0.6) is 11.5 Å². The van der Waals surface area contributed by atoms with Crippen molar-refractivity contribution in [2.24, 2.45) is 0 Å². The van der Waals surface area contributed by atoms with Crippen molar-refractivity contribution in [2.45, 2.75) is 16.8 Å². The van der Waals surface area contributed by atoms with Crippen LogP contribution < -0.4 is 14.4 Å². The zero-order valence-electron chi connectivity index (χ0n) is 16.4. The number of ether oxygens (including phenoxy) is 2. The minimum absolute atomic E-state index is 0.0414. The predicted octanol–water partition coefficient (Wildman–Crippen LogP) is 4.20. The van der Waals surface area contributed by atoms with E-state index in [4.69, 9.17) is 9.47 Å². The summed E-state index contributed by atoms with van der Waals surface area (Å²) < 4.78 is 75.8. The van der Waals surface area contributed by atoms with Gasteiger partial charge < -0.3 is 9.47 Å².